The van der Waals surface area contributed by atoms with Crippen molar-refractivity contribution in [2.24, 2.45) is 5.73 Å². The van der Waals surface area contributed by atoms with E-state index in [9.17, 15) is 0 Å². The highest BCUT2D eigenvalue weighted by Crippen LogP contribution is 2.25. The lowest BCUT2D eigenvalue weighted by Gasteiger charge is -2.24. The van der Waals surface area contributed by atoms with Crippen molar-refractivity contribution in [2.45, 2.75) is 25.5 Å². The van der Waals surface area contributed by atoms with Crippen LogP contribution in [0.4, 0.5) is 0 Å². The Bertz CT molecular complexity index is 323. The van der Waals surface area contributed by atoms with Crippen molar-refractivity contribution in [2.75, 3.05) is 13.7 Å². The van der Waals surface area contributed by atoms with Gasteiger partial charge >= 0.3 is 0 Å². The zero-order valence-corrected chi connectivity index (χ0v) is 9.53. The molecule has 0 saturated carbocycles. The van der Waals surface area contributed by atoms with Crippen LogP contribution in [-0.4, -0.2) is 18.8 Å². The minimum absolute atomic E-state index is 0.0448. The lowest BCUT2D eigenvalue weighted by Crippen LogP contribution is -2.21. The largest absolute Gasteiger partial charge is 0.394 e. The van der Waals surface area contributed by atoms with Crippen molar-refractivity contribution in [1.82, 2.24) is 0 Å². The summed E-state index contributed by atoms with van der Waals surface area (Å²) in [7, 11) is 1.68. The number of rotatable bonds is 4. The minimum Gasteiger partial charge on any atom is -0.394 e. The normalized spacial score (nSPS) is 13.9. The van der Waals surface area contributed by atoms with Crippen molar-refractivity contribution >= 4 is 0 Å². The highest BCUT2D eigenvalue weighted by atomic mass is 16.5. The first-order valence-corrected chi connectivity index (χ1v) is 5.03. The zero-order chi connectivity index (χ0) is 11.5. The molecule has 84 valence electrons. The van der Waals surface area contributed by atoms with E-state index >= 15 is 0 Å². The first-order chi connectivity index (χ1) is 7.01. The van der Waals surface area contributed by atoms with Gasteiger partial charge in [0.15, 0.2) is 0 Å². The number of benzene rings is 1. The highest BCUT2D eigenvalue weighted by Gasteiger charge is 2.20. The third-order valence-electron chi connectivity index (χ3n) is 2.72. The first-order valence-electron chi connectivity index (χ1n) is 5.03. The molecule has 0 fully saturated rings. The minimum atomic E-state index is -0.328. The predicted molar refractivity (Wildman–Crippen MR) is 60.5 cm³/mol. The van der Waals surface area contributed by atoms with Crippen molar-refractivity contribution in [1.29, 1.82) is 0 Å². The van der Waals surface area contributed by atoms with E-state index in [0.717, 1.165) is 11.1 Å². The van der Waals surface area contributed by atoms with Gasteiger partial charge < -0.3 is 15.6 Å². The molecule has 1 rings (SSSR count). The summed E-state index contributed by atoms with van der Waals surface area (Å²) in [6.07, 6.45) is 0. The predicted octanol–water partition coefficient (Wildman–Crippen LogP) is 1.56. The molecular formula is C12H19NO2. The van der Waals surface area contributed by atoms with E-state index < -0.39 is 0 Å². The van der Waals surface area contributed by atoms with E-state index in [1.54, 1.807) is 7.11 Å². The topological polar surface area (TPSA) is 55.5 Å². The molecule has 0 saturated heterocycles. The number of hydrogen-bond donors (Lipinski definition) is 2. The maximum Gasteiger partial charge on any atom is 0.0871 e. The van der Waals surface area contributed by atoms with Gasteiger partial charge in [0.2, 0.25) is 0 Å². The fourth-order valence-electron chi connectivity index (χ4n) is 1.37. The fourth-order valence-corrected chi connectivity index (χ4v) is 1.37. The molecule has 1 aromatic rings. The van der Waals surface area contributed by atoms with Gasteiger partial charge in [0.1, 0.15) is 0 Å². The van der Waals surface area contributed by atoms with Crippen LogP contribution in [0.5, 0.6) is 0 Å². The van der Waals surface area contributed by atoms with E-state index in [4.69, 9.17) is 15.6 Å². The lowest BCUT2D eigenvalue weighted by atomic mass is 9.94. The van der Waals surface area contributed by atoms with Crippen molar-refractivity contribution in [3.8, 4) is 0 Å². The molecular weight excluding hydrogens is 190 g/mol. The van der Waals surface area contributed by atoms with Gasteiger partial charge in [-0.25, -0.2) is 0 Å². The average Bonchev–Trinajstić information content (AvgIpc) is 2.28. The second kappa shape index (κ2) is 4.75. The van der Waals surface area contributed by atoms with Crippen molar-refractivity contribution in [3.05, 3.63) is 35.4 Å². The Balaban J connectivity index is 3.02. The molecule has 0 radical (unpaired) electrons. The second-order valence-corrected chi connectivity index (χ2v) is 4.13. The number of ether oxygens (including phenoxy) is 1. The van der Waals surface area contributed by atoms with Crippen LogP contribution in [-0.2, 0) is 10.3 Å². The Hall–Kier alpha value is -0.900. The quantitative estimate of drug-likeness (QED) is 0.791. The van der Waals surface area contributed by atoms with Gasteiger partial charge in [-0.2, -0.15) is 0 Å². The molecule has 0 amide bonds. The fraction of sp³-hybridized carbons (Fsp3) is 0.500. The lowest BCUT2D eigenvalue weighted by molar-refractivity contribution is 0.0191. The Morgan fingerprint density at radius 1 is 1.47 bits per heavy atom. The van der Waals surface area contributed by atoms with Gasteiger partial charge in [0.25, 0.3) is 0 Å². The Kier molecular flexibility index (Phi) is 3.85. The Labute approximate surface area is 90.9 Å². The maximum absolute atomic E-state index is 8.98. The third kappa shape index (κ3) is 2.78. The molecule has 1 unspecified atom stereocenters. The van der Waals surface area contributed by atoms with Crippen LogP contribution in [0.3, 0.4) is 0 Å². The smallest absolute Gasteiger partial charge is 0.0871 e. The molecule has 0 bridgehead atoms. The molecule has 0 aromatic heterocycles. The summed E-state index contributed by atoms with van der Waals surface area (Å²) in [6, 6.07) is 7.50. The summed E-state index contributed by atoms with van der Waals surface area (Å²) >= 11 is 0. The summed E-state index contributed by atoms with van der Waals surface area (Å²) in [6.45, 7) is 3.95. The molecule has 1 aromatic carbocycles. The van der Waals surface area contributed by atoms with Crippen LogP contribution in [0.2, 0.25) is 0 Å². The highest BCUT2D eigenvalue weighted by molar-refractivity contribution is 5.29. The van der Waals surface area contributed by atoms with Crippen molar-refractivity contribution < 1.29 is 9.84 Å². The average molecular weight is 209 g/mol. The maximum atomic E-state index is 8.98. The van der Waals surface area contributed by atoms with Crippen LogP contribution in [0, 0.1) is 0 Å². The zero-order valence-electron chi connectivity index (χ0n) is 9.53. The molecule has 0 aliphatic carbocycles. The molecule has 1 atom stereocenters. The molecule has 0 spiro atoms. The number of hydrogen-bond acceptors (Lipinski definition) is 3. The molecule has 0 aliphatic heterocycles. The summed E-state index contributed by atoms with van der Waals surface area (Å²) in [5.74, 6) is 0. The molecule has 0 heterocycles. The van der Waals surface area contributed by atoms with Gasteiger partial charge in [-0.15, -0.1) is 0 Å². The molecule has 3 N–H and O–H groups in total. The van der Waals surface area contributed by atoms with Crippen LogP contribution in [0.25, 0.3) is 0 Å². The molecule has 0 aliphatic rings. The summed E-state index contributed by atoms with van der Waals surface area (Å²) in [4.78, 5) is 0. The van der Waals surface area contributed by atoms with E-state index in [0.29, 0.717) is 0 Å². The van der Waals surface area contributed by atoms with Crippen LogP contribution in [0.1, 0.15) is 31.0 Å². The van der Waals surface area contributed by atoms with E-state index in [1.165, 1.54) is 0 Å². The van der Waals surface area contributed by atoms with E-state index in [2.05, 4.69) is 0 Å². The van der Waals surface area contributed by atoms with Gasteiger partial charge in [-0.1, -0.05) is 24.3 Å². The van der Waals surface area contributed by atoms with Gasteiger partial charge in [0, 0.05) is 7.11 Å². The molecule has 3 heteroatoms. The van der Waals surface area contributed by atoms with E-state index in [-0.39, 0.29) is 18.2 Å². The third-order valence-corrected chi connectivity index (χ3v) is 2.72. The standard InChI is InChI=1S/C12H19NO2/c1-12(2,15-3)10-6-4-5-9(7-10)11(13)8-14/h4-7,11,14H,8,13H2,1-3H3. The second-order valence-electron chi connectivity index (χ2n) is 4.13. The molecule has 3 nitrogen and oxygen atoms in total. The Morgan fingerprint density at radius 2 is 2.13 bits per heavy atom. The van der Waals surface area contributed by atoms with Crippen LogP contribution < -0.4 is 5.73 Å². The summed E-state index contributed by atoms with van der Waals surface area (Å²) < 4.78 is 5.39. The monoisotopic (exact) mass is 209 g/mol. The van der Waals surface area contributed by atoms with Gasteiger partial charge in [-0.05, 0) is 25.0 Å². The SMILES string of the molecule is COC(C)(C)c1cccc(C(N)CO)c1. The molecule has 15 heavy (non-hydrogen) atoms. The summed E-state index contributed by atoms with van der Waals surface area (Å²) in [5.41, 5.74) is 7.42. The number of nitrogens with two attached hydrogens (primary N) is 1. The first kappa shape index (κ1) is 12.2. The number of aliphatic hydroxyl groups is 1. The number of methoxy groups -OCH3 is 1. The van der Waals surface area contributed by atoms with Gasteiger partial charge in [0.05, 0.1) is 18.2 Å². The Morgan fingerprint density at radius 3 is 2.67 bits per heavy atom. The summed E-state index contributed by atoms with van der Waals surface area (Å²) in [5, 5.41) is 8.98. The van der Waals surface area contributed by atoms with Crippen LogP contribution >= 0.6 is 0 Å². The van der Waals surface area contributed by atoms with Crippen molar-refractivity contribution in [3.63, 3.8) is 0 Å². The van der Waals surface area contributed by atoms with Crippen LogP contribution in [0.15, 0.2) is 24.3 Å². The van der Waals surface area contributed by atoms with E-state index in [1.807, 2.05) is 38.1 Å². The van der Waals surface area contributed by atoms with Gasteiger partial charge in [-0.3, -0.25) is 0 Å². The number of aliphatic hydroxyl groups excluding tert-OH is 1.